The van der Waals surface area contributed by atoms with Crippen LogP contribution < -0.4 is 16.0 Å². The average molecular weight is 360 g/mol. The third-order valence-electron chi connectivity index (χ3n) is 4.42. The summed E-state index contributed by atoms with van der Waals surface area (Å²) in [6, 6.07) is 3.36. The van der Waals surface area contributed by atoms with Gasteiger partial charge in [-0.1, -0.05) is 6.92 Å². The molecule has 0 spiro atoms. The van der Waals surface area contributed by atoms with Crippen LogP contribution in [-0.4, -0.2) is 54.0 Å². The van der Waals surface area contributed by atoms with Crippen molar-refractivity contribution in [1.82, 2.24) is 20.5 Å². The molecule has 0 saturated carbocycles. The number of rotatable bonds is 7. The number of aromatic nitrogens is 1. The Bertz CT molecular complexity index is 620. The third-order valence-corrected chi connectivity index (χ3v) is 4.42. The number of likely N-dealkylation sites (N-methyl/N-ethyl adjacent to an activating group) is 1. The van der Waals surface area contributed by atoms with Crippen LogP contribution in [0.1, 0.15) is 38.1 Å². The molecule has 0 bridgehead atoms. The molecule has 1 fully saturated rings. The van der Waals surface area contributed by atoms with Gasteiger partial charge in [0.1, 0.15) is 0 Å². The first-order valence-corrected chi connectivity index (χ1v) is 9.39. The molecule has 1 aliphatic heterocycles. The predicted octanol–water partition coefficient (Wildman–Crippen LogP) is 1.88. The molecule has 7 heteroatoms. The van der Waals surface area contributed by atoms with Crippen molar-refractivity contribution in [3.63, 3.8) is 0 Å². The number of hydrogen-bond acceptors (Lipinski definition) is 4. The fraction of sp³-hybridized carbons (Fsp3) is 0.579. The van der Waals surface area contributed by atoms with E-state index in [0.717, 1.165) is 42.9 Å². The Hall–Kier alpha value is -2.15. The summed E-state index contributed by atoms with van der Waals surface area (Å²) in [5.41, 5.74) is 2.59. The van der Waals surface area contributed by atoms with Gasteiger partial charge in [0.15, 0.2) is 0 Å². The van der Waals surface area contributed by atoms with Gasteiger partial charge in [-0.15, -0.1) is 0 Å². The molecule has 1 atom stereocenters. The normalized spacial score (nSPS) is 17.6. The lowest BCUT2D eigenvalue weighted by Gasteiger charge is -2.34. The van der Waals surface area contributed by atoms with Crippen LogP contribution in [0.4, 0.5) is 10.5 Å². The summed E-state index contributed by atoms with van der Waals surface area (Å²) >= 11 is 0. The van der Waals surface area contributed by atoms with Crippen molar-refractivity contribution < 1.29 is 9.59 Å². The largest absolute Gasteiger partial charge is 0.355 e. The Morgan fingerprint density at radius 1 is 1.27 bits per heavy atom. The SMILES string of the molecule is CCNC(=O)C1C[CH]CCN1CCNC(=O)Nc1cc(C)nc(CC)c1. The van der Waals surface area contributed by atoms with E-state index in [0.29, 0.717) is 19.6 Å². The Balaban J connectivity index is 1.81. The predicted molar refractivity (Wildman–Crippen MR) is 103 cm³/mol. The number of carbonyl (C=O) groups is 2. The second kappa shape index (κ2) is 10.1. The van der Waals surface area contributed by atoms with Crippen molar-refractivity contribution in [2.45, 2.75) is 46.1 Å². The van der Waals surface area contributed by atoms with Gasteiger partial charge in [0.25, 0.3) is 0 Å². The van der Waals surface area contributed by atoms with Crippen LogP contribution in [0.15, 0.2) is 12.1 Å². The molecule has 1 aromatic heterocycles. The summed E-state index contributed by atoms with van der Waals surface area (Å²) in [6.45, 7) is 8.49. The van der Waals surface area contributed by atoms with E-state index in [1.807, 2.05) is 32.9 Å². The molecule has 3 amide bonds. The minimum atomic E-state index is -0.240. The van der Waals surface area contributed by atoms with Crippen LogP contribution in [0.5, 0.6) is 0 Å². The molecular weight excluding hydrogens is 330 g/mol. The highest BCUT2D eigenvalue weighted by atomic mass is 16.2. The summed E-state index contributed by atoms with van der Waals surface area (Å²) in [5, 5.41) is 8.62. The maximum Gasteiger partial charge on any atom is 0.319 e. The lowest BCUT2D eigenvalue weighted by molar-refractivity contribution is -0.126. The fourth-order valence-electron chi connectivity index (χ4n) is 3.15. The van der Waals surface area contributed by atoms with Gasteiger partial charge in [0.05, 0.1) is 6.04 Å². The molecule has 1 radical (unpaired) electrons. The highest BCUT2D eigenvalue weighted by Gasteiger charge is 2.27. The van der Waals surface area contributed by atoms with Crippen LogP contribution in [0, 0.1) is 13.3 Å². The molecule has 3 N–H and O–H groups in total. The lowest BCUT2D eigenvalue weighted by Crippen LogP contribution is -2.51. The molecule has 1 aliphatic rings. The Labute approximate surface area is 155 Å². The highest BCUT2D eigenvalue weighted by molar-refractivity contribution is 5.89. The topological polar surface area (TPSA) is 86.4 Å². The number of likely N-dealkylation sites (tertiary alicyclic amines) is 1. The van der Waals surface area contributed by atoms with E-state index >= 15 is 0 Å². The molecule has 2 rings (SSSR count). The maximum absolute atomic E-state index is 12.2. The van der Waals surface area contributed by atoms with Gasteiger partial charge >= 0.3 is 6.03 Å². The zero-order valence-electron chi connectivity index (χ0n) is 16.0. The van der Waals surface area contributed by atoms with E-state index in [-0.39, 0.29) is 18.0 Å². The van der Waals surface area contributed by atoms with Gasteiger partial charge in [-0.05, 0) is 58.2 Å². The number of anilines is 1. The number of aryl methyl sites for hydroxylation is 2. The molecule has 7 nitrogen and oxygen atoms in total. The number of amides is 3. The molecule has 143 valence electrons. The van der Waals surface area contributed by atoms with Crippen molar-refractivity contribution in [1.29, 1.82) is 0 Å². The van der Waals surface area contributed by atoms with E-state index < -0.39 is 0 Å². The van der Waals surface area contributed by atoms with Crippen LogP contribution in [0.25, 0.3) is 0 Å². The molecule has 0 aromatic carbocycles. The first kappa shape index (κ1) is 20.2. The molecule has 26 heavy (non-hydrogen) atoms. The number of nitrogens with zero attached hydrogens (tertiary/aromatic N) is 2. The number of hydrogen-bond donors (Lipinski definition) is 3. The number of carbonyl (C=O) groups excluding carboxylic acids is 2. The first-order valence-electron chi connectivity index (χ1n) is 9.39. The van der Waals surface area contributed by atoms with E-state index in [4.69, 9.17) is 0 Å². The standard InChI is InChI=1S/C19H30N5O2/c1-4-15-13-16(12-14(3)22-15)23-19(26)21-9-11-24-10-7-6-8-17(24)18(25)20-5-2/h6,12-13,17H,4-5,7-11H2,1-3H3,(H,20,25)(H2,21,22,23,26). The summed E-state index contributed by atoms with van der Waals surface area (Å²) in [7, 11) is 0. The second-order valence-corrected chi connectivity index (χ2v) is 6.48. The van der Waals surface area contributed by atoms with Gasteiger partial charge in [-0.25, -0.2) is 4.79 Å². The average Bonchev–Trinajstić information content (AvgIpc) is 2.61. The van der Waals surface area contributed by atoms with Gasteiger partial charge < -0.3 is 16.0 Å². The zero-order valence-corrected chi connectivity index (χ0v) is 16.0. The third kappa shape index (κ3) is 5.98. The van der Waals surface area contributed by atoms with E-state index in [1.165, 1.54) is 0 Å². The minimum Gasteiger partial charge on any atom is -0.355 e. The second-order valence-electron chi connectivity index (χ2n) is 6.48. The zero-order chi connectivity index (χ0) is 18.9. The number of piperidine rings is 1. The monoisotopic (exact) mass is 360 g/mol. The van der Waals surface area contributed by atoms with Crippen molar-refractivity contribution in [3.8, 4) is 0 Å². The van der Waals surface area contributed by atoms with Crippen LogP contribution in [-0.2, 0) is 11.2 Å². The molecule has 1 saturated heterocycles. The van der Waals surface area contributed by atoms with Crippen molar-refractivity contribution in [3.05, 3.63) is 29.9 Å². The van der Waals surface area contributed by atoms with Gasteiger partial charge in [0, 0.05) is 36.7 Å². The van der Waals surface area contributed by atoms with Gasteiger partial charge in [-0.2, -0.15) is 0 Å². The molecular formula is C19H30N5O2. The Morgan fingerprint density at radius 2 is 2.08 bits per heavy atom. The molecule has 1 unspecified atom stereocenters. The van der Waals surface area contributed by atoms with E-state index in [1.54, 1.807) is 0 Å². The maximum atomic E-state index is 12.2. The Kier molecular flexibility index (Phi) is 7.84. The van der Waals surface area contributed by atoms with Gasteiger partial charge in [-0.3, -0.25) is 14.7 Å². The van der Waals surface area contributed by atoms with E-state index in [9.17, 15) is 9.59 Å². The summed E-state index contributed by atoms with van der Waals surface area (Å²) in [6.07, 6.45) is 4.71. The summed E-state index contributed by atoms with van der Waals surface area (Å²) in [5.74, 6) is 0.0623. The molecule has 0 aliphatic carbocycles. The lowest BCUT2D eigenvalue weighted by atomic mass is 10.0. The van der Waals surface area contributed by atoms with Crippen LogP contribution in [0.2, 0.25) is 0 Å². The smallest absolute Gasteiger partial charge is 0.319 e. The van der Waals surface area contributed by atoms with Crippen molar-refractivity contribution >= 4 is 17.6 Å². The molecule has 1 aromatic rings. The van der Waals surface area contributed by atoms with E-state index in [2.05, 4.69) is 32.3 Å². The van der Waals surface area contributed by atoms with Crippen molar-refractivity contribution in [2.75, 3.05) is 31.5 Å². The Morgan fingerprint density at radius 3 is 2.81 bits per heavy atom. The van der Waals surface area contributed by atoms with Crippen LogP contribution >= 0.6 is 0 Å². The minimum absolute atomic E-state index is 0.0623. The number of nitrogens with one attached hydrogen (secondary N) is 3. The van der Waals surface area contributed by atoms with Crippen LogP contribution in [0.3, 0.4) is 0 Å². The van der Waals surface area contributed by atoms with Crippen molar-refractivity contribution in [2.24, 2.45) is 0 Å². The summed E-state index contributed by atoms with van der Waals surface area (Å²) < 4.78 is 0. The van der Waals surface area contributed by atoms with Gasteiger partial charge in [0.2, 0.25) is 5.91 Å². The molecule has 2 heterocycles. The fourth-order valence-corrected chi connectivity index (χ4v) is 3.15. The quantitative estimate of drug-likeness (QED) is 0.693. The summed E-state index contributed by atoms with van der Waals surface area (Å²) in [4.78, 5) is 30.8. The highest BCUT2D eigenvalue weighted by Crippen LogP contribution is 2.16. The first-order chi connectivity index (χ1) is 12.5. The number of urea groups is 1. The number of pyridine rings is 1.